The normalized spacial score (nSPS) is 24.9. The molecular weight excluding hydrogens is 220 g/mol. The van der Waals surface area contributed by atoms with Gasteiger partial charge >= 0.3 is 6.09 Å². The van der Waals surface area contributed by atoms with Crippen LogP contribution in [0.1, 0.15) is 33.6 Å². The Morgan fingerprint density at radius 3 is 2.71 bits per heavy atom. The zero-order chi connectivity index (χ0) is 12.6. The van der Waals surface area contributed by atoms with Crippen molar-refractivity contribution in [2.45, 2.75) is 45.3 Å². The minimum absolute atomic E-state index is 0.198. The molecular formula is C12H20N2O3. The summed E-state index contributed by atoms with van der Waals surface area (Å²) in [7, 11) is 0. The lowest BCUT2D eigenvalue weighted by molar-refractivity contribution is -0.130. The smallest absolute Gasteiger partial charge is 0.410 e. The van der Waals surface area contributed by atoms with Gasteiger partial charge in [0.2, 0.25) is 5.91 Å². The van der Waals surface area contributed by atoms with Crippen LogP contribution in [0.4, 0.5) is 4.79 Å². The number of rotatable bonds is 0. The first-order valence-electron chi connectivity index (χ1n) is 6.14. The summed E-state index contributed by atoms with van der Waals surface area (Å²) in [6.45, 7) is 7.42. The fraction of sp³-hybridized carbons (Fsp3) is 0.833. The summed E-state index contributed by atoms with van der Waals surface area (Å²) in [5.41, 5.74) is -0.459. The molecule has 17 heavy (non-hydrogen) atoms. The Labute approximate surface area is 102 Å². The van der Waals surface area contributed by atoms with E-state index in [-0.39, 0.29) is 18.0 Å². The number of carbonyl (C=O) groups is 2. The molecule has 0 radical (unpaired) electrons. The highest BCUT2D eigenvalue weighted by atomic mass is 16.6. The highest BCUT2D eigenvalue weighted by molar-refractivity contribution is 5.79. The van der Waals surface area contributed by atoms with Gasteiger partial charge < -0.3 is 14.5 Å². The molecule has 2 saturated heterocycles. The molecule has 0 bridgehead atoms. The van der Waals surface area contributed by atoms with Crippen molar-refractivity contribution in [3.05, 3.63) is 0 Å². The van der Waals surface area contributed by atoms with E-state index in [0.717, 1.165) is 6.42 Å². The molecule has 2 aliphatic rings. The van der Waals surface area contributed by atoms with Crippen molar-refractivity contribution < 1.29 is 14.3 Å². The molecule has 2 amide bonds. The summed E-state index contributed by atoms with van der Waals surface area (Å²) >= 11 is 0. The number of hydrogen-bond donors (Lipinski definition) is 0. The molecule has 0 aliphatic carbocycles. The topological polar surface area (TPSA) is 49.9 Å². The molecule has 0 aromatic carbocycles. The van der Waals surface area contributed by atoms with Crippen molar-refractivity contribution in [1.29, 1.82) is 0 Å². The molecule has 1 atom stereocenters. The Hall–Kier alpha value is -1.26. The van der Waals surface area contributed by atoms with Crippen LogP contribution in [0.15, 0.2) is 0 Å². The first-order chi connectivity index (χ1) is 7.87. The van der Waals surface area contributed by atoms with Crippen molar-refractivity contribution in [2.75, 3.05) is 19.6 Å². The predicted molar refractivity (Wildman–Crippen MR) is 62.5 cm³/mol. The maximum absolute atomic E-state index is 11.9. The van der Waals surface area contributed by atoms with E-state index in [4.69, 9.17) is 4.74 Å². The van der Waals surface area contributed by atoms with Crippen LogP contribution in [0.2, 0.25) is 0 Å². The Morgan fingerprint density at radius 1 is 1.35 bits per heavy atom. The summed E-state index contributed by atoms with van der Waals surface area (Å²) in [5, 5.41) is 0. The standard InChI is InChI=1S/C12H20N2O3/c1-12(2,3)17-11(16)13-6-7-14-9(8-13)4-5-10(14)15/h9H,4-8H2,1-3H3/t9-/m1/s1. The molecule has 0 spiro atoms. The minimum atomic E-state index is -0.459. The summed E-state index contributed by atoms with van der Waals surface area (Å²) in [6.07, 6.45) is 1.21. The summed E-state index contributed by atoms with van der Waals surface area (Å²) in [6, 6.07) is 0.198. The third-order valence-corrected chi connectivity index (χ3v) is 3.15. The molecule has 5 nitrogen and oxygen atoms in total. The second-order valence-electron chi connectivity index (χ2n) is 5.71. The monoisotopic (exact) mass is 240 g/mol. The zero-order valence-electron chi connectivity index (χ0n) is 10.7. The van der Waals surface area contributed by atoms with E-state index < -0.39 is 5.60 Å². The molecule has 5 heteroatoms. The first-order valence-corrected chi connectivity index (χ1v) is 6.14. The quantitative estimate of drug-likeness (QED) is 0.640. The van der Waals surface area contributed by atoms with E-state index >= 15 is 0 Å². The van der Waals surface area contributed by atoms with Gasteiger partial charge in [-0.2, -0.15) is 0 Å². The van der Waals surface area contributed by atoms with E-state index in [1.807, 2.05) is 25.7 Å². The Kier molecular flexibility index (Phi) is 3.02. The Balaban J connectivity index is 1.93. The van der Waals surface area contributed by atoms with Crippen LogP contribution in [0.3, 0.4) is 0 Å². The van der Waals surface area contributed by atoms with Crippen molar-refractivity contribution in [3.8, 4) is 0 Å². The van der Waals surface area contributed by atoms with Gasteiger partial charge in [-0.05, 0) is 27.2 Å². The number of amides is 2. The summed E-state index contributed by atoms with van der Waals surface area (Å²) in [4.78, 5) is 27.0. The number of nitrogens with zero attached hydrogens (tertiary/aromatic N) is 2. The maximum Gasteiger partial charge on any atom is 0.410 e. The lowest BCUT2D eigenvalue weighted by Crippen LogP contribution is -2.54. The molecule has 0 saturated carbocycles. The van der Waals surface area contributed by atoms with Gasteiger partial charge in [0, 0.05) is 32.1 Å². The molecule has 2 fully saturated rings. The van der Waals surface area contributed by atoms with E-state index in [9.17, 15) is 9.59 Å². The predicted octanol–water partition coefficient (Wildman–Crippen LogP) is 1.23. The number of ether oxygens (including phenoxy) is 1. The average Bonchev–Trinajstić information content (AvgIpc) is 2.57. The summed E-state index contributed by atoms with van der Waals surface area (Å²) in [5.74, 6) is 0.221. The molecule has 0 N–H and O–H groups in total. The van der Waals surface area contributed by atoms with Gasteiger partial charge in [-0.25, -0.2) is 4.79 Å². The van der Waals surface area contributed by atoms with Gasteiger partial charge in [0.05, 0.1) is 0 Å². The van der Waals surface area contributed by atoms with Crippen LogP contribution in [-0.4, -0.2) is 53.1 Å². The SMILES string of the molecule is CC(C)(C)OC(=O)N1CCN2C(=O)CC[C@@H]2C1. The number of piperazine rings is 1. The van der Waals surface area contributed by atoms with Crippen LogP contribution in [0.5, 0.6) is 0 Å². The lowest BCUT2D eigenvalue weighted by atomic mass is 10.1. The second kappa shape index (κ2) is 4.20. The molecule has 0 aromatic rings. The average molecular weight is 240 g/mol. The van der Waals surface area contributed by atoms with Crippen molar-refractivity contribution in [3.63, 3.8) is 0 Å². The minimum Gasteiger partial charge on any atom is -0.444 e. The number of fused-ring (bicyclic) bond motifs is 1. The molecule has 2 aliphatic heterocycles. The van der Waals surface area contributed by atoms with E-state index in [2.05, 4.69) is 0 Å². The second-order valence-corrected chi connectivity index (χ2v) is 5.71. The highest BCUT2D eigenvalue weighted by Crippen LogP contribution is 2.23. The Bertz CT molecular complexity index is 335. The van der Waals surface area contributed by atoms with Gasteiger partial charge in [-0.3, -0.25) is 4.79 Å². The fourth-order valence-corrected chi connectivity index (χ4v) is 2.36. The fourth-order valence-electron chi connectivity index (χ4n) is 2.36. The molecule has 2 rings (SSSR count). The maximum atomic E-state index is 11.9. The third-order valence-electron chi connectivity index (χ3n) is 3.15. The van der Waals surface area contributed by atoms with Gasteiger partial charge in [0.25, 0.3) is 0 Å². The molecule has 0 unspecified atom stereocenters. The van der Waals surface area contributed by atoms with Crippen molar-refractivity contribution in [2.24, 2.45) is 0 Å². The van der Waals surface area contributed by atoms with Crippen molar-refractivity contribution in [1.82, 2.24) is 9.80 Å². The van der Waals surface area contributed by atoms with E-state index in [1.54, 1.807) is 4.90 Å². The first kappa shape index (κ1) is 12.2. The van der Waals surface area contributed by atoms with E-state index in [1.165, 1.54) is 0 Å². The largest absolute Gasteiger partial charge is 0.444 e. The van der Waals surface area contributed by atoms with Crippen molar-refractivity contribution >= 4 is 12.0 Å². The Morgan fingerprint density at radius 2 is 2.06 bits per heavy atom. The zero-order valence-corrected chi connectivity index (χ0v) is 10.7. The van der Waals surface area contributed by atoms with Gasteiger partial charge in [0.15, 0.2) is 0 Å². The molecule has 0 aromatic heterocycles. The van der Waals surface area contributed by atoms with Crippen LogP contribution >= 0.6 is 0 Å². The number of carbonyl (C=O) groups excluding carboxylic acids is 2. The lowest BCUT2D eigenvalue weighted by Gasteiger charge is -2.38. The van der Waals surface area contributed by atoms with Crippen LogP contribution < -0.4 is 0 Å². The summed E-state index contributed by atoms with van der Waals surface area (Å²) < 4.78 is 5.34. The third kappa shape index (κ3) is 2.70. The van der Waals surface area contributed by atoms with Gasteiger partial charge in [-0.15, -0.1) is 0 Å². The number of hydrogen-bond acceptors (Lipinski definition) is 3. The highest BCUT2D eigenvalue weighted by Gasteiger charge is 2.37. The van der Waals surface area contributed by atoms with Crippen LogP contribution in [0.25, 0.3) is 0 Å². The van der Waals surface area contributed by atoms with Crippen LogP contribution in [0, 0.1) is 0 Å². The van der Waals surface area contributed by atoms with Gasteiger partial charge in [-0.1, -0.05) is 0 Å². The van der Waals surface area contributed by atoms with E-state index in [0.29, 0.717) is 26.1 Å². The van der Waals surface area contributed by atoms with Gasteiger partial charge in [0.1, 0.15) is 5.60 Å². The molecule has 96 valence electrons. The molecule has 2 heterocycles. The van der Waals surface area contributed by atoms with Crippen LogP contribution in [-0.2, 0) is 9.53 Å².